The molecule has 0 radical (unpaired) electrons. The maximum absolute atomic E-state index is 12.2. The largest absolute Gasteiger partial charge is 0.304 e. The predicted molar refractivity (Wildman–Crippen MR) is 66.7 cm³/mol. The Hall–Kier alpha value is -1.52. The molecule has 0 saturated carbocycles. The van der Waals surface area contributed by atoms with E-state index in [0.717, 1.165) is 16.9 Å². The van der Waals surface area contributed by atoms with Crippen LogP contribution in [0.1, 0.15) is 24.2 Å². The molecule has 0 amide bonds. The third-order valence-electron chi connectivity index (χ3n) is 3.11. The fraction of sp³-hybridized carbons (Fsp3) is 0.250. The first-order valence-corrected chi connectivity index (χ1v) is 5.88. The van der Waals surface area contributed by atoms with Crippen LogP contribution in [0, 0.1) is 0 Å². The molecule has 1 aliphatic heterocycles. The highest BCUT2D eigenvalue weighted by Crippen LogP contribution is 2.21. The number of aromatic nitrogens is 2. The van der Waals surface area contributed by atoms with Crippen molar-refractivity contribution in [3.8, 4) is 5.69 Å². The van der Waals surface area contributed by atoms with Crippen molar-refractivity contribution in [2.45, 2.75) is 19.5 Å². The van der Waals surface area contributed by atoms with Gasteiger partial charge in [-0.1, -0.05) is 11.6 Å². The predicted octanol–water partition coefficient (Wildman–Crippen LogP) is 1.98. The minimum absolute atomic E-state index is 0.0137. The first kappa shape index (κ1) is 10.6. The summed E-state index contributed by atoms with van der Waals surface area (Å²) in [4.78, 5) is 12.2. The molecule has 2 aromatic rings. The van der Waals surface area contributed by atoms with Gasteiger partial charge in [-0.2, -0.15) is 0 Å². The maximum Gasteiger partial charge on any atom is 0.276 e. The topological polar surface area (TPSA) is 49.8 Å². The van der Waals surface area contributed by atoms with Crippen molar-refractivity contribution in [3.05, 3.63) is 50.9 Å². The summed E-state index contributed by atoms with van der Waals surface area (Å²) in [5, 5.41) is 7.02. The van der Waals surface area contributed by atoms with E-state index < -0.39 is 0 Å². The van der Waals surface area contributed by atoms with Crippen molar-refractivity contribution in [2.24, 2.45) is 0 Å². The van der Waals surface area contributed by atoms with Gasteiger partial charge in [-0.05, 0) is 31.2 Å². The van der Waals surface area contributed by atoms with Gasteiger partial charge in [0.1, 0.15) is 0 Å². The highest BCUT2D eigenvalue weighted by atomic mass is 35.5. The molecule has 1 aromatic carbocycles. The number of H-pyrrole nitrogens is 1. The molecular formula is C12H12ClN3O. The third-order valence-corrected chi connectivity index (χ3v) is 3.36. The van der Waals surface area contributed by atoms with E-state index in [9.17, 15) is 4.79 Å². The molecule has 1 aliphatic rings. The molecule has 5 heteroatoms. The first-order chi connectivity index (χ1) is 8.16. The second-order valence-corrected chi connectivity index (χ2v) is 4.66. The SMILES string of the molecule is CC1NCc2[nH]n(-c3ccc(Cl)cc3)c(=O)c21. The van der Waals surface area contributed by atoms with E-state index in [4.69, 9.17) is 11.6 Å². The molecule has 2 N–H and O–H groups in total. The Morgan fingerprint density at radius 1 is 1.35 bits per heavy atom. The van der Waals surface area contributed by atoms with Gasteiger partial charge in [-0.25, -0.2) is 4.68 Å². The summed E-state index contributed by atoms with van der Waals surface area (Å²) in [7, 11) is 0. The highest BCUT2D eigenvalue weighted by Gasteiger charge is 2.25. The lowest BCUT2D eigenvalue weighted by molar-refractivity contribution is 0.611. The summed E-state index contributed by atoms with van der Waals surface area (Å²) in [6, 6.07) is 7.32. The normalized spacial score (nSPS) is 18.4. The van der Waals surface area contributed by atoms with Gasteiger partial charge >= 0.3 is 0 Å². The quantitative estimate of drug-likeness (QED) is 0.812. The van der Waals surface area contributed by atoms with Gasteiger partial charge < -0.3 is 5.32 Å². The summed E-state index contributed by atoms with van der Waals surface area (Å²) in [5.41, 5.74) is 2.62. The van der Waals surface area contributed by atoms with Crippen LogP contribution < -0.4 is 10.9 Å². The number of benzene rings is 1. The van der Waals surface area contributed by atoms with Crippen LogP contribution in [0.4, 0.5) is 0 Å². The average molecular weight is 250 g/mol. The summed E-state index contributed by atoms with van der Waals surface area (Å²) in [6.45, 7) is 2.71. The highest BCUT2D eigenvalue weighted by molar-refractivity contribution is 6.30. The lowest BCUT2D eigenvalue weighted by Crippen LogP contribution is -2.22. The minimum Gasteiger partial charge on any atom is -0.304 e. The van der Waals surface area contributed by atoms with Gasteiger partial charge in [0, 0.05) is 17.6 Å². The van der Waals surface area contributed by atoms with Crippen LogP contribution in [0.15, 0.2) is 29.1 Å². The van der Waals surface area contributed by atoms with Crippen molar-refractivity contribution in [1.82, 2.24) is 15.1 Å². The fourth-order valence-electron chi connectivity index (χ4n) is 2.21. The van der Waals surface area contributed by atoms with E-state index in [1.54, 1.807) is 16.8 Å². The molecule has 0 bridgehead atoms. The Morgan fingerprint density at radius 2 is 2.06 bits per heavy atom. The number of aromatic amines is 1. The minimum atomic E-state index is 0.0137. The van der Waals surface area contributed by atoms with E-state index in [1.807, 2.05) is 19.1 Å². The monoisotopic (exact) mass is 249 g/mol. The molecule has 4 nitrogen and oxygen atoms in total. The van der Waals surface area contributed by atoms with Crippen molar-refractivity contribution < 1.29 is 0 Å². The van der Waals surface area contributed by atoms with Crippen LogP contribution >= 0.6 is 11.6 Å². The van der Waals surface area contributed by atoms with Crippen LogP contribution in [0.2, 0.25) is 5.02 Å². The Labute approximate surface area is 103 Å². The zero-order valence-corrected chi connectivity index (χ0v) is 10.1. The number of hydrogen-bond acceptors (Lipinski definition) is 2. The van der Waals surface area contributed by atoms with E-state index in [2.05, 4.69) is 10.4 Å². The summed E-state index contributed by atoms with van der Waals surface area (Å²) in [6.07, 6.45) is 0. The first-order valence-electron chi connectivity index (χ1n) is 5.50. The molecule has 88 valence electrons. The molecule has 1 atom stereocenters. The second kappa shape index (κ2) is 3.75. The van der Waals surface area contributed by atoms with Crippen molar-refractivity contribution in [2.75, 3.05) is 0 Å². The van der Waals surface area contributed by atoms with Crippen molar-refractivity contribution in [1.29, 1.82) is 0 Å². The number of nitrogens with zero attached hydrogens (tertiary/aromatic N) is 1. The second-order valence-electron chi connectivity index (χ2n) is 4.22. The smallest absolute Gasteiger partial charge is 0.276 e. The Morgan fingerprint density at radius 3 is 2.71 bits per heavy atom. The number of nitrogens with one attached hydrogen (secondary N) is 2. The summed E-state index contributed by atoms with van der Waals surface area (Å²) in [5.74, 6) is 0. The summed E-state index contributed by atoms with van der Waals surface area (Å²) >= 11 is 5.83. The molecule has 17 heavy (non-hydrogen) atoms. The Balaban J connectivity index is 2.14. The lowest BCUT2D eigenvalue weighted by Gasteiger charge is -2.04. The van der Waals surface area contributed by atoms with Crippen LogP contribution in [0.3, 0.4) is 0 Å². The number of rotatable bonds is 1. The molecule has 3 rings (SSSR count). The lowest BCUT2D eigenvalue weighted by atomic mass is 10.2. The van der Waals surface area contributed by atoms with E-state index >= 15 is 0 Å². The standard InChI is InChI=1S/C12H12ClN3O/c1-7-11-10(6-14-7)15-16(12(11)17)9-4-2-8(13)3-5-9/h2-5,7,14-15H,6H2,1H3. The van der Waals surface area contributed by atoms with E-state index in [-0.39, 0.29) is 11.6 Å². The Bertz CT molecular complexity index is 612. The van der Waals surface area contributed by atoms with Crippen LogP contribution in [0.5, 0.6) is 0 Å². The van der Waals surface area contributed by atoms with Gasteiger partial charge in [0.2, 0.25) is 0 Å². The number of hydrogen-bond donors (Lipinski definition) is 2. The zero-order chi connectivity index (χ0) is 12.0. The molecule has 0 fully saturated rings. The molecule has 0 saturated heterocycles. The van der Waals surface area contributed by atoms with Gasteiger partial charge in [0.05, 0.1) is 16.9 Å². The molecule has 0 aliphatic carbocycles. The molecular weight excluding hydrogens is 238 g/mol. The van der Waals surface area contributed by atoms with Gasteiger partial charge in [-0.15, -0.1) is 0 Å². The molecule has 0 spiro atoms. The van der Waals surface area contributed by atoms with Crippen LogP contribution in [0.25, 0.3) is 5.69 Å². The maximum atomic E-state index is 12.2. The molecule has 1 aromatic heterocycles. The van der Waals surface area contributed by atoms with Gasteiger partial charge in [-0.3, -0.25) is 9.89 Å². The van der Waals surface area contributed by atoms with Gasteiger partial charge in [0.25, 0.3) is 5.56 Å². The van der Waals surface area contributed by atoms with E-state index in [0.29, 0.717) is 11.6 Å². The summed E-state index contributed by atoms with van der Waals surface area (Å²) < 4.78 is 1.57. The van der Waals surface area contributed by atoms with E-state index in [1.165, 1.54) is 0 Å². The van der Waals surface area contributed by atoms with Crippen LogP contribution in [-0.2, 0) is 6.54 Å². The number of fused-ring (bicyclic) bond motifs is 1. The average Bonchev–Trinajstić information content (AvgIpc) is 2.83. The molecule has 1 unspecified atom stereocenters. The fourth-order valence-corrected chi connectivity index (χ4v) is 2.33. The van der Waals surface area contributed by atoms with Crippen molar-refractivity contribution >= 4 is 11.6 Å². The molecule has 2 heterocycles. The van der Waals surface area contributed by atoms with Crippen molar-refractivity contribution in [3.63, 3.8) is 0 Å². The number of halogens is 1. The Kier molecular flexibility index (Phi) is 2.34. The van der Waals surface area contributed by atoms with Gasteiger partial charge in [0.15, 0.2) is 0 Å². The zero-order valence-electron chi connectivity index (χ0n) is 9.33. The van der Waals surface area contributed by atoms with Crippen LogP contribution in [-0.4, -0.2) is 9.78 Å². The third kappa shape index (κ3) is 1.61.